The van der Waals surface area contributed by atoms with Crippen LogP contribution in [-0.2, 0) is 13.2 Å². The fourth-order valence-electron chi connectivity index (χ4n) is 3.62. The molecule has 0 unspecified atom stereocenters. The van der Waals surface area contributed by atoms with Crippen molar-refractivity contribution in [3.05, 3.63) is 57.0 Å². The van der Waals surface area contributed by atoms with Crippen LogP contribution < -0.4 is 14.8 Å². The van der Waals surface area contributed by atoms with Crippen LogP contribution in [0.3, 0.4) is 0 Å². The molecule has 184 valence electrons. The van der Waals surface area contributed by atoms with Gasteiger partial charge >= 0.3 is 0 Å². The zero-order chi connectivity index (χ0) is 23.9. The van der Waals surface area contributed by atoms with Crippen LogP contribution in [0.5, 0.6) is 11.5 Å². The van der Waals surface area contributed by atoms with Gasteiger partial charge in [-0.05, 0) is 104 Å². The van der Waals surface area contributed by atoms with Crippen LogP contribution >= 0.6 is 27.5 Å². The van der Waals surface area contributed by atoms with Crippen LogP contribution in [0, 0.1) is 0 Å². The number of hydrogen-bond acceptors (Lipinski definition) is 4. The first-order valence-corrected chi connectivity index (χ1v) is 13.5. The van der Waals surface area contributed by atoms with Crippen molar-refractivity contribution in [3.63, 3.8) is 0 Å². The van der Waals surface area contributed by atoms with Crippen LogP contribution in [0.25, 0.3) is 0 Å². The van der Waals surface area contributed by atoms with Gasteiger partial charge in [-0.15, -0.1) is 0 Å². The highest BCUT2D eigenvalue weighted by Crippen LogP contribution is 2.37. The van der Waals surface area contributed by atoms with E-state index < -0.39 is 0 Å². The van der Waals surface area contributed by atoms with Gasteiger partial charge in [0.15, 0.2) is 11.5 Å². The Morgan fingerprint density at radius 3 is 2.18 bits per heavy atom. The van der Waals surface area contributed by atoms with Gasteiger partial charge in [0.2, 0.25) is 0 Å². The van der Waals surface area contributed by atoms with Crippen molar-refractivity contribution < 1.29 is 9.47 Å². The first kappa shape index (κ1) is 28.0. The van der Waals surface area contributed by atoms with E-state index in [-0.39, 0.29) is 0 Å². The van der Waals surface area contributed by atoms with Crippen molar-refractivity contribution in [2.75, 3.05) is 32.8 Å². The van der Waals surface area contributed by atoms with Gasteiger partial charge in [-0.1, -0.05) is 50.4 Å². The zero-order valence-electron chi connectivity index (χ0n) is 20.5. The van der Waals surface area contributed by atoms with Crippen molar-refractivity contribution in [2.24, 2.45) is 0 Å². The molecule has 0 aliphatic rings. The third kappa shape index (κ3) is 10.7. The molecule has 0 aliphatic heterocycles. The summed E-state index contributed by atoms with van der Waals surface area (Å²) in [5.41, 5.74) is 2.24. The van der Waals surface area contributed by atoms with Gasteiger partial charge in [0, 0.05) is 11.6 Å². The second-order valence-corrected chi connectivity index (χ2v) is 9.62. The Bertz CT molecular complexity index is 793. The molecule has 6 heteroatoms. The lowest BCUT2D eigenvalue weighted by atomic mass is 10.2. The number of benzene rings is 2. The monoisotopic (exact) mass is 538 g/mol. The minimum Gasteiger partial charge on any atom is -0.490 e. The standard InChI is InChI=1S/C27H40BrClN2O2/c1-4-7-15-31(16-8-5-2)17-9-14-30-20-23-18-25(28)27(26(19-23)32-6-3)33-21-22-10-12-24(29)13-11-22/h10-13,18-19,30H,4-9,14-17,20-21H2,1-3H3. The SMILES string of the molecule is CCCCN(CCCC)CCCNCc1cc(Br)c(OCc2ccc(Cl)cc2)c(OCC)c1. The molecule has 2 aromatic carbocycles. The first-order valence-electron chi connectivity index (χ1n) is 12.3. The number of rotatable bonds is 17. The fourth-order valence-corrected chi connectivity index (χ4v) is 4.35. The normalized spacial score (nSPS) is 11.2. The number of halogens is 2. The van der Waals surface area contributed by atoms with Gasteiger partial charge in [-0.3, -0.25) is 0 Å². The molecule has 0 fully saturated rings. The van der Waals surface area contributed by atoms with Gasteiger partial charge in [0.25, 0.3) is 0 Å². The maximum Gasteiger partial charge on any atom is 0.175 e. The van der Waals surface area contributed by atoms with Crippen LogP contribution in [0.2, 0.25) is 5.02 Å². The summed E-state index contributed by atoms with van der Waals surface area (Å²) in [6.07, 6.45) is 6.26. The van der Waals surface area contributed by atoms with Gasteiger partial charge in [-0.25, -0.2) is 0 Å². The summed E-state index contributed by atoms with van der Waals surface area (Å²) in [4.78, 5) is 2.62. The molecular weight excluding hydrogens is 500 g/mol. The molecular formula is C27H40BrClN2O2. The molecule has 4 nitrogen and oxygen atoms in total. The van der Waals surface area contributed by atoms with Crippen LogP contribution in [-0.4, -0.2) is 37.7 Å². The zero-order valence-corrected chi connectivity index (χ0v) is 22.8. The Morgan fingerprint density at radius 1 is 0.879 bits per heavy atom. The minimum atomic E-state index is 0.458. The van der Waals surface area contributed by atoms with Crippen LogP contribution in [0.4, 0.5) is 0 Å². The van der Waals surface area contributed by atoms with E-state index in [1.54, 1.807) is 0 Å². The molecule has 2 aromatic rings. The molecule has 0 amide bonds. The summed E-state index contributed by atoms with van der Waals surface area (Å²) in [5, 5.41) is 4.32. The van der Waals surface area contributed by atoms with E-state index in [0.29, 0.717) is 13.2 Å². The lowest BCUT2D eigenvalue weighted by molar-refractivity contribution is 0.261. The summed E-state index contributed by atoms with van der Waals surface area (Å²) in [6, 6.07) is 11.9. The summed E-state index contributed by atoms with van der Waals surface area (Å²) in [5.74, 6) is 1.50. The predicted molar refractivity (Wildman–Crippen MR) is 144 cm³/mol. The summed E-state index contributed by atoms with van der Waals surface area (Å²) < 4.78 is 12.9. The lowest BCUT2D eigenvalue weighted by Gasteiger charge is -2.22. The van der Waals surface area contributed by atoms with E-state index in [9.17, 15) is 0 Å². The van der Waals surface area contributed by atoms with Crippen LogP contribution in [0.1, 0.15) is 64.0 Å². The Balaban J connectivity index is 1.87. The topological polar surface area (TPSA) is 33.7 Å². The number of nitrogens with zero attached hydrogens (tertiary/aromatic N) is 1. The molecule has 0 radical (unpaired) electrons. The molecule has 1 N–H and O–H groups in total. The highest BCUT2D eigenvalue weighted by atomic mass is 79.9. The Morgan fingerprint density at radius 2 is 1.55 bits per heavy atom. The minimum absolute atomic E-state index is 0.458. The molecule has 0 saturated carbocycles. The quantitative estimate of drug-likeness (QED) is 0.212. The van der Waals surface area contributed by atoms with E-state index in [1.807, 2.05) is 31.2 Å². The van der Waals surface area contributed by atoms with Crippen LogP contribution in [0.15, 0.2) is 40.9 Å². The van der Waals surface area contributed by atoms with E-state index >= 15 is 0 Å². The van der Waals surface area contributed by atoms with Crippen molar-refractivity contribution >= 4 is 27.5 Å². The van der Waals surface area contributed by atoms with E-state index in [0.717, 1.165) is 46.1 Å². The van der Waals surface area contributed by atoms with E-state index in [1.165, 1.54) is 50.9 Å². The van der Waals surface area contributed by atoms with Gasteiger partial charge in [0.05, 0.1) is 11.1 Å². The van der Waals surface area contributed by atoms with Crippen molar-refractivity contribution in [2.45, 2.75) is 66.0 Å². The number of unbranched alkanes of at least 4 members (excludes halogenated alkanes) is 2. The highest BCUT2D eigenvalue weighted by molar-refractivity contribution is 9.10. The Kier molecular flexibility index (Phi) is 13.9. The third-order valence-electron chi connectivity index (χ3n) is 5.48. The number of hydrogen-bond donors (Lipinski definition) is 1. The van der Waals surface area contributed by atoms with Crippen molar-refractivity contribution in [1.29, 1.82) is 0 Å². The molecule has 2 rings (SSSR count). The second kappa shape index (κ2) is 16.4. The van der Waals surface area contributed by atoms with Crippen molar-refractivity contribution in [1.82, 2.24) is 10.2 Å². The molecule has 0 saturated heterocycles. The Hall–Kier alpha value is -1.27. The molecule has 0 spiro atoms. The van der Waals surface area contributed by atoms with E-state index in [2.05, 4.69) is 52.1 Å². The molecule has 33 heavy (non-hydrogen) atoms. The average Bonchev–Trinajstić information content (AvgIpc) is 2.81. The predicted octanol–water partition coefficient (Wildman–Crippen LogP) is 7.46. The third-order valence-corrected chi connectivity index (χ3v) is 6.32. The van der Waals surface area contributed by atoms with Gasteiger partial charge < -0.3 is 19.7 Å². The maximum atomic E-state index is 6.09. The average molecular weight is 540 g/mol. The summed E-state index contributed by atoms with van der Waals surface area (Å²) in [6.45, 7) is 13.0. The highest BCUT2D eigenvalue weighted by Gasteiger charge is 2.13. The smallest absolute Gasteiger partial charge is 0.175 e. The van der Waals surface area contributed by atoms with Gasteiger partial charge in [-0.2, -0.15) is 0 Å². The molecule has 0 bridgehead atoms. The first-order chi connectivity index (χ1) is 16.1. The van der Waals surface area contributed by atoms with Gasteiger partial charge in [0.1, 0.15) is 6.61 Å². The summed E-state index contributed by atoms with van der Waals surface area (Å²) in [7, 11) is 0. The molecule has 0 aliphatic carbocycles. The number of ether oxygens (including phenoxy) is 2. The largest absolute Gasteiger partial charge is 0.490 e. The fraction of sp³-hybridized carbons (Fsp3) is 0.556. The lowest BCUT2D eigenvalue weighted by Crippen LogP contribution is -2.29. The molecule has 0 atom stereocenters. The summed E-state index contributed by atoms with van der Waals surface area (Å²) >= 11 is 9.66. The maximum absolute atomic E-state index is 6.09. The van der Waals surface area contributed by atoms with E-state index in [4.69, 9.17) is 21.1 Å². The molecule has 0 heterocycles. The molecule has 0 aromatic heterocycles. The number of nitrogens with one attached hydrogen (secondary N) is 1. The second-order valence-electron chi connectivity index (χ2n) is 8.33. The van der Waals surface area contributed by atoms with Crippen molar-refractivity contribution in [3.8, 4) is 11.5 Å². The Labute approximate surface area is 214 Å².